The van der Waals surface area contributed by atoms with Crippen molar-refractivity contribution in [1.82, 2.24) is 4.90 Å². The molecular weight excluding hydrogens is 356 g/mol. The number of hydrogen-bond acceptors (Lipinski definition) is 4. The second-order valence-corrected chi connectivity index (χ2v) is 7.25. The number of urea groups is 1. The van der Waals surface area contributed by atoms with E-state index in [9.17, 15) is 9.59 Å². The number of nitrogens with one attached hydrogen (secondary N) is 1. The van der Waals surface area contributed by atoms with Crippen molar-refractivity contribution >= 4 is 17.5 Å². The van der Waals surface area contributed by atoms with Crippen LogP contribution in [0.1, 0.15) is 46.4 Å². The Kier molecular flexibility index (Phi) is 4.71. The third-order valence-electron chi connectivity index (χ3n) is 5.72. The van der Waals surface area contributed by atoms with Gasteiger partial charge in [0.25, 0.3) is 0 Å². The van der Waals surface area contributed by atoms with E-state index in [-0.39, 0.29) is 17.9 Å². The van der Waals surface area contributed by atoms with Crippen molar-refractivity contribution in [1.29, 1.82) is 0 Å². The lowest BCUT2D eigenvalue weighted by atomic mass is 9.93. The molecule has 0 bridgehead atoms. The van der Waals surface area contributed by atoms with E-state index in [4.69, 9.17) is 9.47 Å². The van der Waals surface area contributed by atoms with Gasteiger partial charge in [0.15, 0.2) is 17.3 Å². The summed E-state index contributed by atoms with van der Waals surface area (Å²) in [6.07, 6.45) is 2.05. The first-order chi connectivity index (χ1) is 13.5. The van der Waals surface area contributed by atoms with E-state index in [1.54, 1.807) is 20.3 Å². The zero-order valence-electron chi connectivity index (χ0n) is 16.4. The normalized spacial score (nSPS) is 17.8. The molecule has 146 valence electrons. The minimum atomic E-state index is -0.141. The predicted octanol–water partition coefficient (Wildman–Crippen LogP) is 3.98. The summed E-state index contributed by atoms with van der Waals surface area (Å²) in [5.74, 6) is 1.55. The van der Waals surface area contributed by atoms with Crippen molar-refractivity contribution in [3.05, 3.63) is 52.6 Å². The zero-order valence-corrected chi connectivity index (χ0v) is 16.4. The Hall–Kier alpha value is -3.02. The number of ketones is 1. The first kappa shape index (κ1) is 18.3. The number of fused-ring (bicyclic) bond motifs is 2. The van der Waals surface area contributed by atoms with Gasteiger partial charge in [0, 0.05) is 24.2 Å². The number of Topliss-reactive ketones (excluding diaryl/α,β-unsaturated/α-hetero) is 1. The molecule has 1 atom stereocenters. The molecule has 1 aliphatic carbocycles. The highest BCUT2D eigenvalue weighted by Crippen LogP contribution is 2.38. The summed E-state index contributed by atoms with van der Waals surface area (Å²) in [5.41, 5.74) is 4.75. The highest BCUT2D eigenvalue weighted by molar-refractivity contribution is 6.01. The highest BCUT2D eigenvalue weighted by atomic mass is 16.5. The second-order valence-electron chi connectivity index (χ2n) is 7.25. The summed E-state index contributed by atoms with van der Waals surface area (Å²) in [6, 6.07) is 9.25. The van der Waals surface area contributed by atoms with Crippen molar-refractivity contribution in [2.24, 2.45) is 0 Å². The van der Waals surface area contributed by atoms with Gasteiger partial charge in [0.05, 0.1) is 20.3 Å². The maximum Gasteiger partial charge on any atom is 0.322 e. The number of carbonyl (C=O) groups excluding carboxylic acids is 2. The van der Waals surface area contributed by atoms with Crippen LogP contribution in [-0.2, 0) is 12.8 Å². The van der Waals surface area contributed by atoms with Crippen molar-refractivity contribution in [3.63, 3.8) is 0 Å². The van der Waals surface area contributed by atoms with Crippen LogP contribution >= 0.6 is 0 Å². The van der Waals surface area contributed by atoms with E-state index in [1.165, 1.54) is 5.56 Å². The molecule has 0 spiro atoms. The molecule has 28 heavy (non-hydrogen) atoms. The minimum Gasteiger partial charge on any atom is -0.493 e. The van der Waals surface area contributed by atoms with E-state index >= 15 is 0 Å². The van der Waals surface area contributed by atoms with Gasteiger partial charge in [0.2, 0.25) is 0 Å². The molecule has 1 aliphatic heterocycles. The van der Waals surface area contributed by atoms with Gasteiger partial charge in [-0.15, -0.1) is 0 Å². The van der Waals surface area contributed by atoms with Crippen LogP contribution < -0.4 is 14.8 Å². The summed E-state index contributed by atoms with van der Waals surface area (Å²) in [4.78, 5) is 26.5. The molecule has 0 aromatic heterocycles. The molecule has 0 unspecified atom stereocenters. The van der Waals surface area contributed by atoms with Gasteiger partial charge >= 0.3 is 6.03 Å². The molecule has 1 heterocycles. The van der Waals surface area contributed by atoms with E-state index < -0.39 is 0 Å². The molecule has 0 fully saturated rings. The van der Waals surface area contributed by atoms with Gasteiger partial charge < -0.3 is 19.7 Å². The fourth-order valence-corrected chi connectivity index (χ4v) is 4.15. The van der Waals surface area contributed by atoms with Gasteiger partial charge in [-0.3, -0.25) is 4.79 Å². The monoisotopic (exact) mass is 380 g/mol. The average molecular weight is 380 g/mol. The molecule has 0 saturated carbocycles. The lowest BCUT2D eigenvalue weighted by Gasteiger charge is -2.35. The number of benzene rings is 2. The molecule has 1 N–H and O–H groups in total. The quantitative estimate of drug-likeness (QED) is 0.874. The van der Waals surface area contributed by atoms with Crippen LogP contribution in [0, 0.1) is 0 Å². The summed E-state index contributed by atoms with van der Waals surface area (Å²) < 4.78 is 10.8. The number of ether oxygens (including phenoxy) is 2. The number of rotatable bonds is 3. The van der Waals surface area contributed by atoms with Crippen molar-refractivity contribution in [2.45, 2.75) is 32.2 Å². The Bertz CT molecular complexity index is 954. The Morgan fingerprint density at radius 3 is 2.54 bits per heavy atom. The highest BCUT2D eigenvalue weighted by Gasteiger charge is 2.29. The number of amides is 2. The average Bonchev–Trinajstić information content (AvgIpc) is 3.07. The SMILES string of the molecule is COc1cc2c(cc1OC)[C@@H](C)N(C(=O)Nc1ccc3c(c1)CCC3=O)CC2. The molecular formula is C22H24N2O4. The third-order valence-corrected chi connectivity index (χ3v) is 5.72. The van der Waals surface area contributed by atoms with E-state index in [1.807, 2.05) is 36.1 Å². The molecule has 2 aliphatic rings. The molecule has 0 saturated heterocycles. The van der Waals surface area contributed by atoms with Crippen molar-refractivity contribution < 1.29 is 19.1 Å². The number of methoxy groups -OCH3 is 2. The largest absolute Gasteiger partial charge is 0.493 e. The van der Waals surface area contributed by atoms with E-state index in [0.29, 0.717) is 24.5 Å². The molecule has 6 nitrogen and oxygen atoms in total. The van der Waals surface area contributed by atoms with Gasteiger partial charge in [0.1, 0.15) is 0 Å². The van der Waals surface area contributed by atoms with Crippen LogP contribution in [0.15, 0.2) is 30.3 Å². The summed E-state index contributed by atoms with van der Waals surface area (Å²) in [5, 5.41) is 2.99. The summed E-state index contributed by atoms with van der Waals surface area (Å²) in [6.45, 7) is 2.64. The first-order valence-electron chi connectivity index (χ1n) is 9.50. The molecule has 0 radical (unpaired) electrons. The van der Waals surface area contributed by atoms with Crippen LogP contribution in [0.5, 0.6) is 11.5 Å². The Labute approximate surface area is 164 Å². The number of aryl methyl sites for hydroxylation is 1. The van der Waals surface area contributed by atoms with Crippen molar-refractivity contribution in [2.75, 3.05) is 26.1 Å². The number of nitrogens with zero attached hydrogens (tertiary/aromatic N) is 1. The molecule has 2 amide bonds. The maximum atomic E-state index is 12.9. The zero-order chi connectivity index (χ0) is 19.8. The van der Waals surface area contributed by atoms with Gasteiger partial charge in [-0.05, 0) is 66.8 Å². The lowest BCUT2D eigenvalue weighted by molar-refractivity contribution is 0.0994. The fourth-order valence-electron chi connectivity index (χ4n) is 4.15. The minimum absolute atomic E-state index is 0.0837. The Balaban J connectivity index is 1.54. The van der Waals surface area contributed by atoms with Gasteiger partial charge in [-0.2, -0.15) is 0 Å². The summed E-state index contributed by atoms with van der Waals surface area (Å²) >= 11 is 0. The Morgan fingerprint density at radius 2 is 1.79 bits per heavy atom. The van der Waals surface area contributed by atoms with Crippen LogP contribution in [0.2, 0.25) is 0 Å². The fraction of sp³-hybridized carbons (Fsp3) is 0.364. The second kappa shape index (κ2) is 7.19. The smallest absolute Gasteiger partial charge is 0.322 e. The topological polar surface area (TPSA) is 67.9 Å². The number of hydrogen-bond donors (Lipinski definition) is 1. The molecule has 2 aromatic rings. The maximum absolute atomic E-state index is 12.9. The number of carbonyl (C=O) groups is 2. The van der Waals surface area contributed by atoms with Gasteiger partial charge in [-0.25, -0.2) is 4.79 Å². The predicted molar refractivity (Wildman–Crippen MR) is 106 cm³/mol. The Morgan fingerprint density at radius 1 is 1.04 bits per heavy atom. The lowest BCUT2D eigenvalue weighted by Crippen LogP contribution is -2.41. The number of anilines is 1. The van der Waals surface area contributed by atoms with E-state index in [0.717, 1.165) is 35.2 Å². The first-order valence-corrected chi connectivity index (χ1v) is 9.50. The van der Waals surface area contributed by atoms with Crippen LogP contribution in [0.3, 0.4) is 0 Å². The van der Waals surface area contributed by atoms with E-state index in [2.05, 4.69) is 5.32 Å². The molecule has 4 rings (SSSR count). The van der Waals surface area contributed by atoms with Crippen LogP contribution in [0.25, 0.3) is 0 Å². The van der Waals surface area contributed by atoms with Crippen LogP contribution in [-0.4, -0.2) is 37.5 Å². The standard InChI is InChI=1S/C22H24N2O4/c1-13-18-12-21(28-3)20(27-2)11-15(18)8-9-24(13)22(26)23-16-5-6-17-14(10-16)4-7-19(17)25/h5-6,10-13H,4,7-9H2,1-3H3,(H,23,26)/t13-/m1/s1. The molecule has 6 heteroatoms. The third kappa shape index (κ3) is 3.09. The van der Waals surface area contributed by atoms with Gasteiger partial charge in [-0.1, -0.05) is 0 Å². The van der Waals surface area contributed by atoms with Crippen LogP contribution in [0.4, 0.5) is 10.5 Å². The molecule has 2 aromatic carbocycles. The van der Waals surface area contributed by atoms with Crippen molar-refractivity contribution in [3.8, 4) is 11.5 Å². The summed E-state index contributed by atoms with van der Waals surface area (Å²) in [7, 11) is 3.24.